The Balaban J connectivity index is 1.31. The van der Waals surface area contributed by atoms with Crippen LogP contribution in [0.1, 0.15) is 18.5 Å². The van der Waals surface area contributed by atoms with E-state index in [0.717, 1.165) is 6.07 Å². The smallest absolute Gasteiger partial charge is 0.240 e. The maximum Gasteiger partial charge on any atom is 0.240 e. The van der Waals surface area contributed by atoms with Gasteiger partial charge in [0.2, 0.25) is 11.8 Å². The lowest BCUT2D eigenvalue weighted by Crippen LogP contribution is -2.35. The zero-order chi connectivity index (χ0) is 24.7. The largest absolute Gasteiger partial charge is 0.452 e. The lowest BCUT2D eigenvalue weighted by Gasteiger charge is -2.16. The van der Waals surface area contributed by atoms with E-state index in [4.69, 9.17) is 16.3 Å². The van der Waals surface area contributed by atoms with Crippen molar-refractivity contribution in [1.82, 2.24) is 15.2 Å². The molecule has 2 aromatic carbocycles. The number of rotatable bonds is 6. The molecule has 11 heteroatoms. The van der Waals surface area contributed by atoms with E-state index in [1.54, 1.807) is 6.92 Å². The number of amides is 2. The molecule has 5 rings (SSSR count). The van der Waals surface area contributed by atoms with Crippen LogP contribution in [0.4, 0.5) is 20.2 Å². The van der Waals surface area contributed by atoms with Crippen molar-refractivity contribution < 1.29 is 23.1 Å². The van der Waals surface area contributed by atoms with E-state index in [9.17, 15) is 18.4 Å². The third kappa shape index (κ3) is 4.28. The number of hydrogen-bond donors (Lipinski definition) is 3. The molecule has 178 valence electrons. The zero-order valence-electron chi connectivity index (χ0n) is 18.3. The SMILES string of the molecule is Cc1[nH]nc2ncc(Cl)c(Oc3ccc(NC(=O)C4(C(=O)Nc5ccc(F)cc5)CC4)cc3F)c12. The number of halogens is 3. The first-order chi connectivity index (χ1) is 16.8. The Labute approximate surface area is 202 Å². The van der Waals surface area contributed by atoms with Crippen molar-refractivity contribution in [3.8, 4) is 11.5 Å². The molecule has 1 aliphatic carbocycles. The number of H-pyrrole nitrogens is 1. The van der Waals surface area contributed by atoms with Gasteiger partial charge in [0.05, 0.1) is 11.6 Å². The molecule has 0 saturated heterocycles. The molecular formula is C24H18ClF2N5O3. The summed E-state index contributed by atoms with van der Waals surface area (Å²) in [5.41, 5.74) is 0.295. The minimum atomic E-state index is -1.27. The first-order valence-electron chi connectivity index (χ1n) is 10.6. The quantitative estimate of drug-likeness (QED) is 0.311. The number of anilines is 2. The van der Waals surface area contributed by atoms with Crippen molar-refractivity contribution in [2.75, 3.05) is 10.6 Å². The molecular weight excluding hydrogens is 480 g/mol. The standard InChI is InChI=1S/C24H18ClF2N5O3/c1-12-19-20(16(25)11-28-21(19)32-31-12)35-18-7-6-15(10-17(18)27)30-23(34)24(8-9-24)22(33)29-14-4-2-13(26)3-5-14/h2-7,10-11H,8-9H2,1H3,(H,29,33)(H,30,34)(H,28,31,32). The fourth-order valence-corrected chi connectivity index (χ4v) is 3.85. The topological polar surface area (TPSA) is 109 Å². The van der Waals surface area contributed by atoms with E-state index in [-0.39, 0.29) is 22.2 Å². The van der Waals surface area contributed by atoms with Crippen LogP contribution in [-0.2, 0) is 9.59 Å². The molecule has 0 unspecified atom stereocenters. The number of aromatic amines is 1. The van der Waals surface area contributed by atoms with Crippen molar-refractivity contribution in [3.63, 3.8) is 0 Å². The van der Waals surface area contributed by atoms with Crippen LogP contribution in [0.5, 0.6) is 11.5 Å². The predicted molar refractivity (Wildman–Crippen MR) is 125 cm³/mol. The molecule has 0 aliphatic heterocycles. The molecule has 0 bridgehead atoms. The summed E-state index contributed by atoms with van der Waals surface area (Å²) in [5, 5.41) is 12.7. The lowest BCUT2D eigenvalue weighted by atomic mass is 10.0. The maximum absolute atomic E-state index is 14.9. The summed E-state index contributed by atoms with van der Waals surface area (Å²) in [7, 11) is 0. The van der Waals surface area contributed by atoms with Gasteiger partial charge >= 0.3 is 0 Å². The minimum Gasteiger partial charge on any atom is -0.452 e. The summed E-state index contributed by atoms with van der Waals surface area (Å²) in [6, 6.07) is 9.13. The zero-order valence-corrected chi connectivity index (χ0v) is 19.0. The van der Waals surface area contributed by atoms with Gasteiger partial charge in [0.1, 0.15) is 16.3 Å². The molecule has 35 heavy (non-hydrogen) atoms. The van der Waals surface area contributed by atoms with Crippen molar-refractivity contribution >= 4 is 45.8 Å². The first kappa shape index (κ1) is 22.7. The lowest BCUT2D eigenvalue weighted by molar-refractivity contribution is -0.131. The van der Waals surface area contributed by atoms with Crippen LogP contribution >= 0.6 is 11.6 Å². The van der Waals surface area contributed by atoms with Gasteiger partial charge in [-0.2, -0.15) is 5.10 Å². The number of fused-ring (bicyclic) bond motifs is 1. The number of carbonyl (C=O) groups excluding carboxylic acids is 2. The number of carbonyl (C=O) groups is 2. The number of nitrogens with one attached hydrogen (secondary N) is 3. The van der Waals surface area contributed by atoms with E-state index < -0.39 is 28.9 Å². The second kappa shape index (κ2) is 8.62. The fraction of sp³-hybridized carbons (Fsp3) is 0.167. The van der Waals surface area contributed by atoms with Crippen LogP contribution in [-0.4, -0.2) is 27.0 Å². The van der Waals surface area contributed by atoms with Gasteiger partial charge in [-0.1, -0.05) is 11.6 Å². The van der Waals surface area contributed by atoms with Crippen LogP contribution in [0.25, 0.3) is 11.0 Å². The average Bonchev–Trinajstić information content (AvgIpc) is 3.57. The summed E-state index contributed by atoms with van der Waals surface area (Å²) >= 11 is 6.22. The van der Waals surface area contributed by atoms with E-state index in [0.29, 0.717) is 35.3 Å². The summed E-state index contributed by atoms with van der Waals surface area (Å²) in [5.74, 6) is -2.16. The molecule has 2 aromatic heterocycles. The van der Waals surface area contributed by atoms with Gasteiger partial charge in [-0.15, -0.1) is 0 Å². The van der Waals surface area contributed by atoms with Gasteiger partial charge in [0, 0.05) is 23.1 Å². The molecule has 2 heterocycles. The highest BCUT2D eigenvalue weighted by Gasteiger charge is 2.56. The van der Waals surface area contributed by atoms with Crippen molar-refractivity contribution in [2.24, 2.45) is 5.41 Å². The Hall–Kier alpha value is -4.05. The molecule has 4 aromatic rings. The van der Waals surface area contributed by atoms with Gasteiger partial charge in [-0.3, -0.25) is 14.7 Å². The highest BCUT2D eigenvalue weighted by Crippen LogP contribution is 2.47. The van der Waals surface area contributed by atoms with E-state index >= 15 is 0 Å². The van der Waals surface area contributed by atoms with Crippen LogP contribution in [0.3, 0.4) is 0 Å². The second-order valence-corrected chi connectivity index (χ2v) is 8.63. The third-order valence-corrected chi connectivity index (χ3v) is 6.06. The van der Waals surface area contributed by atoms with Gasteiger partial charge in [0.25, 0.3) is 0 Å². The Kier molecular flexibility index (Phi) is 5.60. The molecule has 1 fully saturated rings. The number of hydrogen-bond acceptors (Lipinski definition) is 5. The molecule has 1 aliphatic rings. The third-order valence-electron chi connectivity index (χ3n) is 5.80. The molecule has 0 radical (unpaired) electrons. The van der Waals surface area contributed by atoms with E-state index in [1.807, 2.05) is 0 Å². The van der Waals surface area contributed by atoms with Gasteiger partial charge in [0.15, 0.2) is 23.0 Å². The summed E-state index contributed by atoms with van der Waals surface area (Å²) < 4.78 is 33.7. The molecule has 3 N–H and O–H groups in total. The summed E-state index contributed by atoms with van der Waals surface area (Å²) in [6.07, 6.45) is 2.05. The Bertz CT molecular complexity index is 1470. The molecule has 8 nitrogen and oxygen atoms in total. The van der Waals surface area contributed by atoms with E-state index in [2.05, 4.69) is 25.8 Å². The summed E-state index contributed by atoms with van der Waals surface area (Å²) in [4.78, 5) is 29.6. The van der Waals surface area contributed by atoms with Gasteiger partial charge in [-0.25, -0.2) is 13.8 Å². The highest BCUT2D eigenvalue weighted by atomic mass is 35.5. The van der Waals surface area contributed by atoms with Crippen LogP contribution < -0.4 is 15.4 Å². The number of aryl methyl sites for hydroxylation is 1. The summed E-state index contributed by atoms with van der Waals surface area (Å²) in [6.45, 7) is 1.76. The van der Waals surface area contributed by atoms with Crippen molar-refractivity contribution in [1.29, 1.82) is 0 Å². The van der Waals surface area contributed by atoms with Gasteiger partial charge < -0.3 is 15.4 Å². The molecule has 0 atom stereocenters. The number of nitrogens with zero attached hydrogens (tertiary/aromatic N) is 2. The van der Waals surface area contributed by atoms with Crippen LogP contribution in [0.2, 0.25) is 5.02 Å². The minimum absolute atomic E-state index is 0.117. The molecule has 2 amide bonds. The molecule has 0 spiro atoms. The number of aromatic nitrogens is 3. The number of benzene rings is 2. The first-order valence-corrected chi connectivity index (χ1v) is 11.0. The monoisotopic (exact) mass is 497 g/mol. The molecule has 1 saturated carbocycles. The second-order valence-electron chi connectivity index (χ2n) is 8.23. The Morgan fingerprint density at radius 2 is 1.71 bits per heavy atom. The Morgan fingerprint density at radius 1 is 1.06 bits per heavy atom. The normalized spacial score (nSPS) is 13.9. The van der Waals surface area contributed by atoms with Crippen LogP contribution in [0.15, 0.2) is 48.7 Å². The van der Waals surface area contributed by atoms with Crippen LogP contribution in [0, 0.1) is 24.0 Å². The van der Waals surface area contributed by atoms with Crippen molar-refractivity contribution in [3.05, 3.63) is 71.0 Å². The number of ether oxygens (including phenoxy) is 1. The predicted octanol–water partition coefficient (Wildman–Crippen LogP) is 5.35. The van der Waals surface area contributed by atoms with Crippen molar-refractivity contribution in [2.45, 2.75) is 19.8 Å². The average molecular weight is 498 g/mol. The van der Waals surface area contributed by atoms with E-state index in [1.165, 1.54) is 42.6 Å². The highest BCUT2D eigenvalue weighted by molar-refractivity contribution is 6.33. The maximum atomic E-state index is 14.9. The Morgan fingerprint density at radius 3 is 2.37 bits per heavy atom. The number of pyridine rings is 1. The fourth-order valence-electron chi connectivity index (χ4n) is 3.67. The van der Waals surface area contributed by atoms with Gasteiger partial charge in [-0.05, 0) is 56.2 Å².